The van der Waals surface area contributed by atoms with Crippen LogP contribution in [0.4, 0.5) is 10.5 Å². The van der Waals surface area contributed by atoms with Crippen LogP contribution in [0, 0.1) is 10.1 Å². The maximum atomic E-state index is 12.1. The molecule has 0 amide bonds. The summed E-state index contributed by atoms with van der Waals surface area (Å²) >= 11 is 0. The number of non-ortho nitro benzene ring substituents is 1. The van der Waals surface area contributed by atoms with Gasteiger partial charge in [0.15, 0.2) is 0 Å². The predicted octanol–water partition coefficient (Wildman–Crippen LogP) is 1.67. The number of hydrogen-bond acceptors (Lipinski definition) is 10. The molecule has 0 aliphatic heterocycles. The number of carbonyl (C=O) groups excluding carboxylic acids is 3. The predicted molar refractivity (Wildman–Crippen MR) is 89.6 cm³/mol. The summed E-state index contributed by atoms with van der Waals surface area (Å²) in [6.07, 6.45) is -3.43. The van der Waals surface area contributed by atoms with Crippen LogP contribution in [0.3, 0.4) is 0 Å². The molecule has 1 rings (SSSR count). The van der Waals surface area contributed by atoms with Crippen molar-refractivity contribution >= 4 is 23.8 Å². The van der Waals surface area contributed by atoms with E-state index in [9.17, 15) is 24.5 Å². The second-order valence-electron chi connectivity index (χ2n) is 6.31. The summed E-state index contributed by atoms with van der Waals surface area (Å²) in [5.74, 6) is -2.24. The van der Waals surface area contributed by atoms with Gasteiger partial charge in [-0.05, 0) is 39.8 Å². The van der Waals surface area contributed by atoms with Crippen LogP contribution in [0.2, 0.25) is 0 Å². The summed E-state index contributed by atoms with van der Waals surface area (Å²) in [7, 11) is 0. The fourth-order valence-corrected chi connectivity index (χ4v) is 1.53. The summed E-state index contributed by atoms with van der Waals surface area (Å²) in [6.45, 7) is 5.99. The van der Waals surface area contributed by atoms with Gasteiger partial charge in [0.05, 0.1) is 4.92 Å². The molecule has 0 fully saturated rings. The average molecular weight is 384 g/mol. The molecule has 0 spiro atoms. The third-order valence-electron chi connectivity index (χ3n) is 2.65. The van der Waals surface area contributed by atoms with Crippen LogP contribution >= 0.6 is 0 Å². The number of nitrogens with two attached hydrogens (primary N) is 1. The van der Waals surface area contributed by atoms with Crippen molar-refractivity contribution in [1.82, 2.24) is 0 Å². The fourth-order valence-electron chi connectivity index (χ4n) is 1.53. The molecule has 11 nitrogen and oxygen atoms in total. The van der Waals surface area contributed by atoms with E-state index in [1.165, 1.54) is 6.92 Å². The van der Waals surface area contributed by atoms with Crippen LogP contribution in [0.1, 0.15) is 27.7 Å². The van der Waals surface area contributed by atoms with Gasteiger partial charge >= 0.3 is 24.4 Å². The first-order chi connectivity index (χ1) is 12.4. The summed E-state index contributed by atoms with van der Waals surface area (Å²) < 4.78 is 19.2. The van der Waals surface area contributed by atoms with E-state index in [2.05, 4.69) is 0 Å². The third-order valence-corrected chi connectivity index (χ3v) is 2.65. The maximum absolute atomic E-state index is 12.1. The Labute approximate surface area is 154 Å². The first kappa shape index (κ1) is 21.8. The van der Waals surface area contributed by atoms with Gasteiger partial charge in [0.25, 0.3) is 5.69 Å². The topological polar surface area (TPSA) is 157 Å². The van der Waals surface area contributed by atoms with E-state index in [1.807, 2.05) is 0 Å². The number of nitro benzene ring substituents is 1. The van der Waals surface area contributed by atoms with Gasteiger partial charge in [-0.2, -0.15) is 0 Å². The third kappa shape index (κ3) is 7.69. The quantitative estimate of drug-likeness (QED) is 0.251. The molecule has 0 saturated carbocycles. The highest BCUT2D eigenvalue weighted by Gasteiger charge is 2.33. The van der Waals surface area contributed by atoms with Gasteiger partial charge in [-0.15, -0.1) is 0 Å². The molecule has 1 aromatic rings. The Morgan fingerprint density at radius 2 is 1.63 bits per heavy atom. The largest absolute Gasteiger partial charge is 0.517 e. The van der Waals surface area contributed by atoms with Crippen molar-refractivity contribution in [2.75, 3.05) is 0 Å². The molecule has 11 heteroatoms. The van der Waals surface area contributed by atoms with Crippen LogP contribution in [0.25, 0.3) is 0 Å². The molecule has 2 N–H and O–H groups in total. The van der Waals surface area contributed by atoms with Crippen molar-refractivity contribution < 1.29 is 38.3 Å². The second kappa shape index (κ2) is 8.94. The van der Waals surface area contributed by atoms with E-state index in [-0.39, 0.29) is 11.4 Å². The van der Waals surface area contributed by atoms with Crippen LogP contribution in [0.15, 0.2) is 24.3 Å². The fraction of sp³-hybridized carbons (Fsp3) is 0.438. The van der Waals surface area contributed by atoms with Crippen LogP contribution in [-0.2, 0) is 23.8 Å². The van der Waals surface area contributed by atoms with Gasteiger partial charge in [0, 0.05) is 12.1 Å². The molecule has 27 heavy (non-hydrogen) atoms. The molecule has 1 aromatic carbocycles. The molecule has 0 saturated heterocycles. The van der Waals surface area contributed by atoms with Crippen molar-refractivity contribution in [1.29, 1.82) is 0 Å². The Kier molecular flexibility index (Phi) is 7.23. The van der Waals surface area contributed by atoms with Crippen molar-refractivity contribution in [3.8, 4) is 5.75 Å². The zero-order valence-electron chi connectivity index (χ0n) is 15.2. The zero-order chi connectivity index (χ0) is 20.8. The molecule has 0 radical (unpaired) electrons. The van der Waals surface area contributed by atoms with Gasteiger partial charge < -0.3 is 24.7 Å². The minimum atomic E-state index is -2.03. The highest BCUT2D eigenvalue weighted by Crippen LogP contribution is 2.18. The van der Waals surface area contributed by atoms with Gasteiger partial charge in [0.1, 0.15) is 17.4 Å². The number of esters is 2. The molecule has 0 bridgehead atoms. The van der Waals surface area contributed by atoms with Crippen LogP contribution in [0.5, 0.6) is 5.75 Å². The Morgan fingerprint density at radius 3 is 2.07 bits per heavy atom. The molecule has 2 atom stereocenters. The summed E-state index contributed by atoms with van der Waals surface area (Å²) in [4.78, 5) is 45.5. The molecule has 0 aromatic heterocycles. The molecular formula is C16H20N2O9. The number of carbonyl (C=O) groups is 3. The summed E-state index contributed by atoms with van der Waals surface area (Å²) in [6, 6.07) is 3.42. The van der Waals surface area contributed by atoms with Crippen LogP contribution in [-0.4, -0.2) is 41.0 Å². The molecule has 1 unspecified atom stereocenters. The van der Waals surface area contributed by atoms with Crippen molar-refractivity contribution in [3.05, 3.63) is 34.4 Å². The summed E-state index contributed by atoms with van der Waals surface area (Å²) in [5.41, 5.74) is 4.19. The highest BCUT2D eigenvalue weighted by molar-refractivity contribution is 5.82. The van der Waals surface area contributed by atoms with Gasteiger partial charge in [-0.1, -0.05) is 0 Å². The van der Waals surface area contributed by atoms with E-state index >= 15 is 0 Å². The van der Waals surface area contributed by atoms with E-state index in [4.69, 9.17) is 24.7 Å². The van der Waals surface area contributed by atoms with Crippen LogP contribution < -0.4 is 10.5 Å². The van der Waals surface area contributed by atoms with Crippen molar-refractivity contribution in [3.63, 3.8) is 0 Å². The standard InChI is InChI=1S/C16H20N2O9/c1-9(17)12(19)25-14(13(20)27-16(2,3)4)26-15(21)24-11-7-5-10(6-8-11)18(22)23/h5-9,14H,17H2,1-4H3/t9-,14?/m0/s1. The number of benzene rings is 1. The first-order valence-electron chi connectivity index (χ1n) is 7.71. The lowest BCUT2D eigenvalue weighted by Crippen LogP contribution is -2.41. The molecule has 148 valence electrons. The molecule has 0 aliphatic carbocycles. The Balaban J connectivity index is 2.83. The second-order valence-corrected chi connectivity index (χ2v) is 6.31. The van der Waals surface area contributed by atoms with Gasteiger partial charge in [-0.3, -0.25) is 14.9 Å². The first-order valence-corrected chi connectivity index (χ1v) is 7.71. The maximum Gasteiger partial charge on any atom is 0.517 e. The monoisotopic (exact) mass is 384 g/mol. The Hall–Kier alpha value is -3.21. The van der Waals surface area contributed by atoms with E-state index < -0.39 is 41.0 Å². The molecule has 0 aliphatic rings. The number of rotatable bonds is 6. The minimum absolute atomic E-state index is 0.0907. The lowest BCUT2D eigenvalue weighted by atomic mass is 10.2. The SMILES string of the molecule is C[C@H](N)C(=O)OC(OC(=O)Oc1ccc([N+](=O)[O-])cc1)C(=O)OC(C)(C)C. The number of ether oxygens (including phenoxy) is 4. The molecule has 0 heterocycles. The smallest absolute Gasteiger partial charge is 0.454 e. The van der Waals surface area contributed by atoms with Gasteiger partial charge in [-0.25, -0.2) is 9.59 Å². The minimum Gasteiger partial charge on any atom is -0.454 e. The Bertz CT molecular complexity index is 708. The van der Waals surface area contributed by atoms with E-state index in [1.54, 1.807) is 20.8 Å². The summed E-state index contributed by atoms with van der Waals surface area (Å²) in [5, 5.41) is 10.6. The lowest BCUT2D eigenvalue weighted by molar-refractivity contribution is -0.384. The van der Waals surface area contributed by atoms with E-state index in [0.717, 1.165) is 24.3 Å². The molecular weight excluding hydrogens is 364 g/mol. The van der Waals surface area contributed by atoms with Crippen molar-refractivity contribution in [2.24, 2.45) is 5.73 Å². The van der Waals surface area contributed by atoms with Gasteiger partial charge in [0.2, 0.25) is 0 Å². The number of nitro groups is 1. The van der Waals surface area contributed by atoms with Crippen molar-refractivity contribution in [2.45, 2.75) is 45.6 Å². The normalized spacial score (nSPS) is 13.1. The zero-order valence-corrected chi connectivity index (χ0v) is 15.2. The number of hydrogen-bond donors (Lipinski definition) is 1. The number of nitrogens with zero attached hydrogens (tertiary/aromatic N) is 1. The lowest BCUT2D eigenvalue weighted by Gasteiger charge is -2.23. The Morgan fingerprint density at radius 1 is 1.07 bits per heavy atom. The average Bonchev–Trinajstić information content (AvgIpc) is 2.52. The highest BCUT2D eigenvalue weighted by atomic mass is 16.8. The van der Waals surface area contributed by atoms with E-state index in [0.29, 0.717) is 0 Å².